The molecule has 1 fully saturated rings. The van der Waals surface area contributed by atoms with Crippen LogP contribution >= 0.6 is 0 Å². The molecule has 14 heavy (non-hydrogen) atoms. The number of rotatable bonds is 6. The first kappa shape index (κ1) is 12.8. The Morgan fingerprint density at radius 3 is 2.21 bits per heavy atom. The van der Waals surface area contributed by atoms with Gasteiger partial charge in [-0.2, -0.15) is 0 Å². The number of ether oxygens (including phenoxy) is 1. The van der Waals surface area contributed by atoms with Gasteiger partial charge in [0.05, 0.1) is 0 Å². The Morgan fingerprint density at radius 1 is 1.14 bits per heavy atom. The van der Waals surface area contributed by atoms with Gasteiger partial charge in [0.15, 0.2) is 0 Å². The van der Waals surface area contributed by atoms with Crippen LogP contribution in [0.2, 0.25) is 7.93 Å². The van der Waals surface area contributed by atoms with Gasteiger partial charge in [-0.15, -0.1) is 0 Å². The fourth-order valence-corrected chi connectivity index (χ4v) is 5.96. The second-order valence-corrected chi connectivity index (χ2v) is 8.75. The molecule has 1 heterocycles. The fourth-order valence-electron chi connectivity index (χ4n) is 2.03. The monoisotopic (exact) mass is 314 g/mol. The zero-order chi connectivity index (χ0) is 10.3. The van der Waals surface area contributed by atoms with Gasteiger partial charge in [0.1, 0.15) is 0 Å². The zero-order valence-electron chi connectivity index (χ0n) is 9.68. The van der Waals surface area contributed by atoms with Crippen molar-refractivity contribution in [2.24, 2.45) is 0 Å². The van der Waals surface area contributed by atoms with E-state index in [9.17, 15) is 0 Å². The third-order valence-electron chi connectivity index (χ3n) is 2.97. The predicted octanol–water partition coefficient (Wildman–Crippen LogP) is 3.68. The number of hydrogen-bond donors (Lipinski definition) is 0. The van der Waals surface area contributed by atoms with Crippen molar-refractivity contribution in [2.45, 2.75) is 60.3 Å². The Kier molecular flexibility index (Phi) is 6.49. The molecule has 0 amide bonds. The normalized spacial score (nSPS) is 21.0. The summed E-state index contributed by atoms with van der Waals surface area (Å²) in [5, 5.41) is 0. The standard InChI is InChI=1S/C12H24OTe/c1-3-5-7-12(8-6-4-2)11-13-9-10-14-12/h3-11H2,1-2H3. The summed E-state index contributed by atoms with van der Waals surface area (Å²) in [4.78, 5) is 0. The zero-order valence-corrected chi connectivity index (χ0v) is 12.0. The van der Waals surface area contributed by atoms with E-state index in [1.54, 1.807) is 0 Å². The second kappa shape index (κ2) is 7.09. The maximum absolute atomic E-state index is 5.71. The molecule has 0 aliphatic carbocycles. The van der Waals surface area contributed by atoms with Crippen molar-refractivity contribution in [1.82, 2.24) is 0 Å². The van der Waals surface area contributed by atoms with Crippen LogP contribution in [0.25, 0.3) is 0 Å². The molecule has 2 heteroatoms. The van der Waals surface area contributed by atoms with Crippen LogP contribution in [-0.2, 0) is 4.74 Å². The van der Waals surface area contributed by atoms with Crippen LogP contribution in [0.15, 0.2) is 0 Å². The van der Waals surface area contributed by atoms with Gasteiger partial charge < -0.3 is 0 Å². The van der Waals surface area contributed by atoms with Crippen molar-refractivity contribution in [1.29, 1.82) is 0 Å². The van der Waals surface area contributed by atoms with E-state index in [1.807, 2.05) is 0 Å². The van der Waals surface area contributed by atoms with Crippen molar-refractivity contribution in [3.8, 4) is 0 Å². The van der Waals surface area contributed by atoms with Gasteiger partial charge in [-0.1, -0.05) is 0 Å². The van der Waals surface area contributed by atoms with Crippen LogP contribution < -0.4 is 0 Å². The molecule has 0 saturated carbocycles. The molecule has 0 radical (unpaired) electrons. The fraction of sp³-hybridized carbons (Fsp3) is 1.00. The summed E-state index contributed by atoms with van der Waals surface area (Å²) >= 11 is 0.231. The minimum absolute atomic E-state index is 0.231. The SMILES string of the molecule is CCCCC1(CCCC)COCC[Te]1. The molecule has 0 bridgehead atoms. The molecule has 84 valence electrons. The third kappa shape index (κ3) is 4.09. The van der Waals surface area contributed by atoms with Crippen LogP contribution in [-0.4, -0.2) is 34.1 Å². The third-order valence-corrected chi connectivity index (χ3v) is 7.28. The molecule has 1 nitrogen and oxygen atoms in total. The summed E-state index contributed by atoms with van der Waals surface area (Å²) in [6.45, 7) is 6.76. The summed E-state index contributed by atoms with van der Waals surface area (Å²) < 4.78 is 7.82. The molecule has 1 aliphatic rings. The van der Waals surface area contributed by atoms with Crippen molar-refractivity contribution >= 4 is 20.9 Å². The number of unbranched alkanes of at least 4 members (excludes halogenated alkanes) is 2. The number of hydrogen-bond acceptors (Lipinski definition) is 1. The first-order chi connectivity index (χ1) is 6.83. The topological polar surface area (TPSA) is 9.23 Å². The van der Waals surface area contributed by atoms with Gasteiger partial charge >= 0.3 is 99.2 Å². The molecular formula is C12H24OTe. The molecule has 1 saturated heterocycles. The Hall–Kier alpha value is 0.750. The molecule has 1 rings (SSSR count). The molecule has 0 atom stereocenters. The van der Waals surface area contributed by atoms with Crippen molar-refractivity contribution in [2.75, 3.05) is 13.2 Å². The van der Waals surface area contributed by atoms with E-state index < -0.39 is 0 Å². The van der Waals surface area contributed by atoms with E-state index in [0.717, 1.165) is 13.2 Å². The van der Waals surface area contributed by atoms with Crippen molar-refractivity contribution in [3.05, 3.63) is 0 Å². The summed E-state index contributed by atoms with van der Waals surface area (Å²) in [5.41, 5.74) is 0. The quantitative estimate of drug-likeness (QED) is 0.680. The second-order valence-electron chi connectivity index (χ2n) is 4.29. The molecule has 0 spiro atoms. The molecule has 0 unspecified atom stereocenters. The average Bonchev–Trinajstić information content (AvgIpc) is 2.25. The summed E-state index contributed by atoms with van der Waals surface area (Å²) in [6.07, 6.45) is 8.43. The Bertz CT molecular complexity index is 131. The summed E-state index contributed by atoms with van der Waals surface area (Å²) in [6, 6.07) is 0. The van der Waals surface area contributed by atoms with E-state index in [-0.39, 0.29) is 20.9 Å². The molecule has 1 aliphatic heterocycles. The van der Waals surface area contributed by atoms with Gasteiger partial charge in [0.25, 0.3) is 0 Å². The Morgan fingerprint density at radius 2 is 1.79 bits per heavy atom. The van der Waals surface area contributed by atoms with Gasteiger partial charge in [0, 0.05) is 0 Å². The van der Waals surface area contributed by atoms with Gasteiger partial charge in [-0.05, 0) is 0 Å². The summed E-state index contributed by atoms with van der Waals surface area (Å²) in [5.74, 6) is 0. The van der Waals surface area contributed by atoms with Crippen LogP contribution in [0.1, 0.15) is 52.4 Å². The van der Waals surface area contributed by atoms with E-state index in [2.05, 4.69) is 13.8 Å². The molecule has 0 aromatic rings. The molecule has 0 aromatic heterocycles. The first-order valence-corrected chi connectivity index (χ1v) is 8.86. The van der Waals surface area contributed by atoms with Gasteiger partial charge in [-0.3, -0.25) is 0 Å². The van der Waals surface area contributed by atoms with Crippen LogP contribution in [0.3, 0.4) is 0 Å². The van der Waals surface area contributed by atoms with Gasteiger partial charge in [-0.25, -0.2) is 0 Å². The van der Waals surface area contributed by atoms with Crippen molar-refractivity contribution in [3.63, 3.8) is 0 Å². The van der Waals surface area contributed by atoms with E-state index in [4.69, 9.17) is 4.74 Å². The van der Waals surface area contributed by atoms with Crippen LogP contribution in [0.4, 0.5) is 0 Å². The first-order valence-electron chi connectivity index (χ1n) is 6.05. The Balaban J connectivity index is 2.39. The van der Waals surface area contributed by atoms with E-state index >= 15 is 0 Å². The molecular weight excluding hydrogens is 288 g/mol. The predicted molar refractivity (Wildman–Crippen MR) is 63.1 cm³/mol. The van der Waals surface area contributed by atoms with E-state index in [1.165, 1.54) is 43.0 Å². The van der Waals surface area contributed by atoms with Crippen molar-refractivity contribution < 1.29 is 4.74 Å². The minimum atomic E-state index is 0.231. The Labute approximate surface area is 99.1 Å². The maximum atomic E-state index is 5.71. The average molecular weight is 312 g/mol. The van der Waals surface area contributed by atoms with Crippen LogP contribution in [0.5, 0.6) is 0 Å². The van der Waals surface area contributed by atoms with Gasteiger partial charge in [0.2, 0.25) is 0 Å². The summed E-state index contributed by atoms with van der Waals surface area (Å²) in [7, 11) is 0. The van der Waals surface area contributed by atoms with E-state index in [0.29, 0.717) is 3.46 Å². The molecule has 0 N–H and O–H groups in total. The van der Waals surface area contributed by atoms with Crippen LogP contribution in [0, 0.1) is 0 Å². The molecule has 0 aromatic carbocycles.